The van der Waals surface area contributed by atoms with E-state index in [9.17, 15) is 22.8 Å². The molecular formula is C20H18F3N3O2S. The monoisotopic (exact) mass is 421 g/mol. The number of nitrogens with zero attached hydrogens (tertiary/aromatic N) is 1. The predicted octanol–water partition coefficient (Wildman–Crippen LogP) is 4.06. The maximum atomic E-state index is 12.8. The molecule has 2 aromatic heterocycles. The Kier molecular flexibility index (Phi) is 6.17. The molecule has 0 bridgehead atoms. The zero-order chi connectivity index (χ0) is 21.0. The van der Waals surface area contributed by atoms with Gasteiger partial charge in [-0.3, -0.25) is 9.59 Å². The number of thiophene rings is 1. The summed E-state index contributed by atoms with van der Waals surface area (Å²) >= 11 is 0.905. The van der Waals surface area contributed by atoms with Crippen LogP contribution in [0.2, 0.25) is 0 Å². The van der Waals surface area contributed by atoms with Gasteiger partial charge in [-0.15, -0.1) is 11.3 Å². The van der Waals surface area contributed by atoms with Crippen LogP contribution in [0.1, 0.15) is 32.9 Å². The molecule has 3 aromatic rings. The number of fused-ring (bicyclic) bond motifs is 1. The first-order chi connectivity index (χ1) is 13.8. The molecule has 152 valence electrons. The van der Waals surface area contributed by atoms with E-state index in [-0.39, 0.29) is 28.6 Å². The minimum absolute atomic E-state index is 0.0962. The van der Waals surface area contributed by atoms with Crippen LogP contribution in [0, 0.1) is 6.92 Å². The summed E-state index contributed by atoms with van der Waals surface area (Å²) in [7, 11) is 0. The van der Waals surface area contributed by atoms with Crippen molar-refractivity contribution in [3.05, 3.63) is 64.2 Å². The number of aromatic nitrogens is 1. The highest BCUT2D eigenvalue weighted by Gasteiger charge is 2.33. The molecule has 2 amide bonds. The number of rotatable bonds is 6. The first-order valence-corrected chi connectivity index (χ1v) is 9.63. The van der Waals surface area contributed by atoms with Crippen LogP contribution in [0.15, 0.2) is 42.5 Å². The van der Waals surface area contributed by atoms with Gasteiger partial charge in [-0.05, 0) is 30.2 Å². The van der Waals surface area contributed by atoms with E-state index >= 15 is 0 Å². The van der Waals surface area contributed by atoms with Gasteiger partial charge in [0.05, 0.1) is 4.88 Å². The first kappa shape index (κ1) is 20.8. The van der Waals surface area contributed by atoms with Crippen molar-refractivity contribution in [2.24, 2.45) is 0 Å². The fraction of sp³-hybridized carbons (Fsp3) is 0.250. The highest BCUT2D eigenvalue weighted by molar-refractivity contribution is 7.20. The van der Waals surface area contributed by atoms with Crippen molar-refractivity contribution in [1.29, 1.82) is 0 Å². The number of nitrogens with one attached hydrogen (secondary N) is 2. The van der Waals surface area contributed by atoms with Gasteiger partial charge in [0.2, 0.25) is 5.91 Å². The lowest BCUT2D eigenvalue weighted by molar-refractivity contribution is -0.140. The standard InChI is InChI=1S/C20H18F3N3O2S/c1-12-14-7-8-15(20(21,22)23)26-19(14)29-17(12)18(28)24-10-9-16(27)25-11-13-5-3-2-4-6-13/h2-8H,9-11H2,1H3,(H,24,28)(H,25,27). The molecule has 0 unspecified atom stereocenters. The second kappa shape index (κ2) is 8.60. The van der Waals surface area contributed by atoms with Crippen LogP contribution in [-0.4, -0.2) is 23.3 Å². The van der Waals surface area contributed by atoms with Crippen LogP contribution in [0.5, 0.6) is 0 Å². The third-order valence-electron chi connectivity index (χ3n) is 4.27. The lowest BCUT2D eigenvalue weighted by Crippen LogP contribution is -2.30. The summed E-state index contributed by atoms with van der Waals surface area (Å²) in [5.74, 6) is -0.645. The average molecular weight is 421 g/mol. The Morgan fingerprint density at radius 3 is 2.48 bits per heavy atom. The van der Waals surface area contributed by atoms with Crippen LogP contribution < -0.4 is 10.6 Å². The summed E-state index contributed by atoms with van der Waals surface area (Å²) < 4.78 is 38.5. The molecule has 2 N–H and O–H groups in total. The topological polar surface area (TPSA) is 71.1 Å². The van der Waals surface area contributed by atoms with Crippen molar-refractivity contribution in [3.8, 4) is 0 Å². The SMILES string of the molecule is Cc1c(C(=O)NCCC(=O)NCc2ccccc2)sc2nc(C(F)(F)F)ccc12. The Morgan fingerprint density at radius 1 is 1.07 bits per heavy atom. The van der Waals surface area contributed by atoms with E-state index in [1.165, 1.54) is 6.07 Å². The molecule has 0 radical (unpaired) electrons. The molecule has 1 aromatic carbocycles. The zero-order valence-electron chi connectivity index (χ0n) is 15.5. The molecule has 29 heavy (non-hydrogen) atoms. The van der Waals surface area contributed by atoms with Gasteiger partial charge in [0.25, 0.3) is 5.91 Å². The second-order valence-corrected chi connectivity index (χ2v) is 7.37. The number of carbonyl (C=O) groups excluding carboxylic acids is 2. The number of pyridine rings is 1. The number of amides is 2. The quantitative estimate of drug-likeness (QED) is 0.631. The van der Waals surface area contributed by atoms with E-state index < -0.39 is 17.8 Å². The number of hydrogen-bond acceptors (Lipinski definition) is 4. The van der Waals surface area contributed by atoms with Crippen molar-refractivity contribution in [2.45, 2.75) is 26.1 Å². The third kappa shape index (κ3) is 5.11. The Morgan fingerprint density at radius 2 is 1.79 bits per heavy atom. The van der Waals surface area contributed by atoms with E-state index in [1.54, 1.807) is 6.92 Å². The second-order valence-electron chi connectivity index (χ2n) is 6.37. The number of benzene rings is 1. The minimum atomic E-state index is -4.54. The number of carbonyl (C=O) groups is 2. The molecule has 0 aliphatic heterocycles. The van der Waals surface area contributed by atoms with Gasteiger partial charge in [-0.1, -0.05) is 30.3 Å². The van der Waals surface area contributed by atoms with E-state index in [1.807, 2.05) is 30.3 Å². The fourth-order valence-corrected chi connectivity index (χ4v) is 3.82. The Hall–Kier alpha value is -2.94. The van der Waals surface area contributed by atoms with Crippen molar-refractivity contribution in [2.75, 3.05) is 6.54 Å². The average Bonchev–Trinajstić information content (AvgIpc) is 3.02. The number of halogens is 3. The summed E-state index contributed by atoms with van der Waals surface area (Å²) in [5.41, 5.74) is 0.544. The van der Waals surface area contributed by atoms with E-state index in [2.05, 4.69) is 15.6 Å². The van der Waals surface area contributed by atoms with Crippen LogP contribution in [0.4, 0.5) is 13.2 Å². The van der Waals surface area contributed by atoms with Crippen LogP contribution in [0.25, 0.3) is 10.2 Å². The maximum Gasteiger partial charge on any atom is 0.433 e. The van der Waals surface area contributed by atoms with E-state index in [4.69, 9.17) is 0 Å². The molecule has 9 heteroatoms. The molecule has 0 spiro atoms. The molecule has 5 nitrogen and oxygen atoms in total. The highest BCUT2D eigenvalue weighted by atomic mass is 32.1. The first-order valence-electron chi connectivity index (χ1n) is 8.82. The van der Waals surface area contributed by atoms with Gasteiger partial charge in [-0.25, -0.2) is 4.98 Å². The van der Waals surface area contributed by atoms with Crippen LogP contribution in [0.3, 0.4) is 0 Å². The van der Waals surface area contributed by atoms with E-state index in [0.717, 1.165) is 23.0 Å². The Labute approximate surface area is 169 Å². The lowest BCUT2D eigenvalue weighted by Gasteiger charge is -2.06. The summed E-state index contributed by atoms with van der Waals surface area (Å²) in [6.07, 6.45) is -4.44. The predicted molar refractivity (Wildman–Crippen MR) is 105 cm³/mol. The Bertz CT molecular complexity index is 1030. The summed E-state index contributed by atoms with van der Waals surface area (Å²) in [6.45, 7) is 2.18. The van der Waals surface area contributed by atoms with Gasteiger partial charge in [0.1, 0.15) is 10.5 Å². The molecule has 0 atom stereocenters. The fourth-order valence-electron chi connectivity index (χ4n) is 2.73. The molecule has 0 saturated heterocycles. The molecule has 0 fully saturated rings. The lowest BCUT2D eigenvalue weighted by atomic mass is 10.1. The van der Waals surface area contributed by atoms with Crippen LogP contribution in [-0.2, 0) is 17.5 Å². The smallest absolute Gasteiger partial charge is 0.352 e. The Balaban J connectivity index is 1.57. The van der Waals surface area contributed by atoms with Crippen LogP contribution >= 0.6 is 11.3 Å². The highest BCUT2D eigenvalue weighted by Crippen LogP contribution is 2.34. The van der Waals surface area contributed by atoms with E-state index in [0.29, 0.717) is 17.5 Å². The summed E-state index contributed by atoms with van der Waals surface area (Å²) in [6, 6.07) is 11.7. The van der Waals surface area contributed by atoms with Gasteiger partial charge >= 0.3 is 6.18 Å². The van der Waals surface area contributed by atoms with Gasteiger partial charge in [-0.2, -0.15) is 13.2 Å². The molecule has 2 heterocycles. The van der Waals surface area contributed by atoms with Crippen molar-refractivity contribution >= 4 is 33.4 Å². The molecule has 0 saturated carbocycles. The van der Waals surface area contributed by atoms with Gasteiger partial charge in [0, 0.05) is 24.9 Å². The molecule has 0 aliphatic carbocycles. The van der Waals surface area contributed by atoms with Gasteiger partial charge in [0.15, 0.2) is 0 Å². The maximum absolute atomic E-state index is 12.8. The largest absolute Gasteiger partial charge is 0.433 e. The summed E-state index contributed by atoms with van der Waals surface area (Å²) in [5, 5.41) is 5.90. The number of aryl methyl sites for hydroxylation is 1. The van der Waals surface area contributed by atoms with Crippen molar-refractivity contribution in [1.82, 2.24) is 15.6 Å². The van der Waals surface area contributed by atoms with Crippen molar-refractivity contribution in [3.63, 3.8) is 0 Å². The number of alkyl halides is 3. The van der Waals surface area contributed by atoms with Gasteiger partial charge < -0.3 is 10.6 Å². The summed E-state index contributed by atoms with van der Waals surface area (Å²) in [4.78, 5) is 28.4. The molecular weight excluding hydrogens is 403 g/mol. The minimum Gasteiger partial charge on any atom is -0.352 e. The molecule has 3 rings (SSSR count). The number of hydrogen-bond donors (Lipinski definition) is 2. The zero-order valence-corrected chi connectivity index (χ0v) is 16.3. The molecule has 0 aliphatic rings. The third-order valence-corrected chi connectivity index (χ3v) is 5.47. The normalized spacial score (nSPS) is 11.4. The van der Waals surface area contributed by atoms with Crippen molar-refractivity contribution < 1.29 is 22.8 Å².